The van der Waals surface area contributed by atoms with Crippen molar-refractivity contribution in [3.8, 4) is 0 Å². The fourth-order valence-electron chi connectivity index (χ4n) is 3.51. The van der Waals surface area contributed by atoms with E-state index in [1.54, 1.807) is 6.20 Å². The van der Waals surface area contributed by atoms with Crippen molar-refractivity contribution >= 4 is 17.8 Å². The lowest BCUT2D eigenvalue weighted by molar-refractivity contribution is 0.175. The van der Waals surface area contributed by atoms with Crippen molar-refractivity contribution in [1.29, 1.82) is 0 Å². The maximum absolute atomic E-state index is 12.5. The van der Waals surface area contributed by atoms with Gasteiger partial charge in [-0.2, -0.15) is 11.8 Å². The normalized spacial score (nSPS) is 29.6. The van der Waals surface area contributed by atoms with Crippen molar-refractivity contribution in [2.24, 2.45) is 0 Å². The number of rotatable bonds is 3. The first kappa shape index (κ1) is 14.8. The Morgan fingerprint density at radius 1 is 1.43 bits per heavy atom. The van der Waals surface area contributed by atoms with Gasteiger partial charge in [-0.25, -0.2) is 9.78 Å². The molecule has 0 aromatic carbocycles. The highest BCUT2D eigenvalue weighted by Gasteiger charge is 2.31. The molecular weight excluding hydrogens is 284 g/mol. The molecule has 21 heavy (non-hydrogen) atoms. The van der Waals surface area contributed by atoms with Crippen LogP contribution in [0, 0.1) is 0 Å². The summed E-state index contributed by atoms with van der Waals surface area (Å²) in [6.07, 6.45) is 11.5. The maximum atomic E-state index is 12.5. The largest absolute Gasteiger partial charge is 0.348 e. The van der Waals surface area contributed by atoms with Gasteiger partial charge in [0.2, 0.25) is 0 Å². The summed E-state index contributed by atoms with van der Waals surface area (Å²) in [5, 5.41) is 3.83. The van der Waals surface area contributed by atoms with Crippen LogP contribution in [0.3, 0.4) is 0 Å². The molecule has 3 atom stereocenters. The zero-order valence-corrected chi connectivity index (χ0v) is 13.4. The average molecular weight is 308 g/mol. The summed E-state index contributed by atoms with van der Waals surface area (Å²) in [6, 6.07) is 0.452. The van der Waals surface area contributed by atoms with Gasteiger partial charge < -0.3 is 15.2 Å². The smallest absolute Gasteiger partial charge is 0.317 e. The molecule has 0 spiro atoms. The number of urea groups is 1. The fourth-order valence-corrected chi connectivity index (χ4v) is 4.44. The quantitative estimate of drug-likeness (QED) is 0.902. The highest BCUT2D eigenvalue weighted by atomic mass is 32.2. The number of imidazole rings is 1. The summed E-state index contributed by atoms with van der Waals surface area (Å²) in [4.78, 5) is 22.0. The number of nitrogens with zero attached hydrogens (tertiary/aromatic N) is 2. The van der Waals surface area contributed by atoms with Gasteiger partial charge in [0.05, 0.1) is 0 Å². The molecule has 1 aliphatic heterocycles. The Balaban J connectivity index is 1.57. The van der Waals surface area contributed by atoms with Crippen molar-refractivity contribution in [3.05, 3.63) is 18.2 Å². The van der Waals surface area contributed by atoms with E-state index in [1.165, 1.54) is 12.8 Å². The molecule has 1 saturated carbocycles. The van der Waals surface area contributed by atoms with Gasteiger partial charge >= 0.3 is 6.03 Å². The number of carbonyl (C=O) groups excluding carboxylic acids is 1. The number of aromatic nitrogens is 2. The first-order valence-electron chi connectivity index (χ1n) is 7.85. The Kier molecular flexibility index (Phi) is 4.73. The summed E-state index contributed by atoms with van der Waals surface area (Å²) in [5.41, 5.74) is 0. The monoisotopic (exact) mass is 308 g/mol. The molecule has 2 heterocycles. The number of piperidine rings is 1. The van der Waals surface area contributed by atoms with Crippen LogP contribution in [0.15, 0.2) is 12.4 Å². The van der Waals surface area contributed by atoms with E-state index >= 15 is 0 Å². The second-order valence-electron chi connectivity index (χ2n) is 6.02. The molecule has 1 aliphatic carbocycles. The van der Waals surface area contributed by atoms with E-state index in [2.05, 4.69) is 21.5 Å². The third-order valence-corrected chi connectivity index (χ3v) is 5.85. The van der Waals surface area contributed by atoms with E-state index in [4.69, 9.17) is 0 Å². The minimum absolute atomic E-state index is 0.109. The molecule has 6 heteroatoms. The lowest BCUT2D eigenvalue weighted by Crippen LogP contribution is -2.49. The van der Waals surface area contributed by atoms with Crippen molar-refractivity contribution in [2.75, 3.05) is 19.3 Å². The number of hydrogen-bond acceptors (Lipinski definition) is 3. The Hall–Kier alpha value is -1.17. The number of amides is 2. The van der Waals surface area contributed by atoms with Crippen LogP contribution in [-0.2, 0) is 0 Å². The topological polar surface area (TPSA) is 61.0 Å². The Labute approximate surface area is 130 Å². The number of likely N-dealkylation sites (tertiary alicyclic amines) is 1. The molecule has 0 radical (unpaired) electrons. The first-order chi connectivity index (χ1) is 10.3. The second kappa shape index (κ2) is 6.73. The zero-order valence-electron chi connectivity index (χ0n) is 12.5. The summed E-state index contributed by atoms with van der Waals surface area (Å²) in [6.45, 7) is 1.63. The lowest BCUT2D eigenvalue weighted by atomic mass is 9.97. The molecule has 2 N–H and O–H groups in total. The predicted octanol–water partition coefficient (Wildman–Crippen LogP) is 2.58. The zero-order chi connectivity index (χ0) is 14.7. The minimum Gasteiger partial charge on any atom is -0.348 e. The Morgan fingerprint density at radius 3 is 3.10 bits per heavy atom. The van der Waals surface area contributed by atoms with Crippen LogP contribution < -0.4 is 5.32 Å². The summed E-state index contributed by atoms with van der Waals surface area (Å²) in [5.74, 6) is 1.36. The van der Waals surface area contributed by atoms with Crippen LogP contribution in [-0.4, -0.2) is 51.5 Å². The summed E-state index contributed by atoms with van der Waals surface area (Å²) < 4.78 is 0. The third kappa shape index (κ3) is 3.36. The first-order valence-corrected chi connectivity index (χ1v) is 9.14. The molecule has 2 aliphatic rings. The number of H-pyrrole nitrogens is 1. The van der Waals surface area contributed by atoms with Gasteiger partial charge in [-0.05, 0) is 31.9 Å². The highest BCUT2D eigenvalue weighted by Crippen LogP contribution is 2.29. The van der Waals surface area contributed by atoms with Crippen molar-refractivity contribution < 1.29 is 4.79 Å². The van der Waals surface area contributed by atoms with Crippen molar-refractivity contribution in [1.82, 2.24) is 20.2 Å². The fraction of sp³-hybridized carbons (Fsp3) is 0.733. The number of thioether (sulfide) groups is 1. The highest BCUT2D eigenvalue weighted by molar-refractivity contribution is 7.99. The third-order valence-electron chi connectivity index (χ3n) is 4.68. The van der Waals surface area contributed by atoms with E-state index < -0.39 is 0 Å². The molecule has 116 valence electrons. The van der Waals surface area contributed by atoms with Gasteiger partial charge in [-0.3, -0.25) is 0 Å². The predicted molar refractivity (Wildman–Crippen MR) is 85.6 cm³/mol. The van der Waals surface area contributed by atoms with E-state index in [1.807, 2.05) is 22.9 Å². The minimum atomic E-state index is 0.109. The molecule has 2 fully saturated rings. The molecular formula is C15H24N4OS. The number of nitrogens with one attached hydrogen (secondary N) is 2. The van der Waals surface area contributed by atoms with Gasteiger partial charge in [0.15, 0.2) is 0 Å². The van der Waals surface area contributed by atoms with Crippen LogP contribution in [0.2, 0.25) is 0 Å². The summed E-state index contributed by atoms with van der Waals surface area (Å²) >= 11 is 1.88. The van der Waals surface area contributed by atoms with Gasteiger partial charge in [-0.15, -0.1) is 0 Å². The molecule has 3 rings (SSSR count). The van der Waals surface area contributed by atoms with E-state index in [9.17, 15) is 4.79 Å². The number of aromatic amines is 1. The lowest BCUT2D eigenvalue weighted by Gasteiger charge is -2.33. The molecule has 0 bridgehead atoms. The van der Waals surface area contributed by atoms with Crippen LogP contribution in [0.25, 0.3) is 0 Å². The van der Waals surface area contributed by atoms with Crippen LogP contribution in [0.5, 0.6) is 0 Å². The van der Waals surface area contributed by atoms with Gasteiger partial charge in [0.25, 0.3) is 0 Å². The molecule has 1 aromatic rings. The van der Waals surface area contributed by atoms with Crippen LogP contribution in [0.1, 0.15) is 43.8 Å². The van der Waals surface area contributed by atoms with Crippen LogP contribution >= 0.6 is 11.8 Å². The number of hydrogen-bond donors (Lipinski definition) is 2. The SMILES string of the molecule is CS[C@@H]1CCC[C@@H]1NC(=O)N1CCC[C@H](c2ncc[nH]2)C1. The molecule has 1 aromatic heterocycles. The van der Waals surface area contributed by atoms with E-state index in [0.717, 1.165) is 38.2 Å². The average Bonchev–Trinajstić information content (AvgIpc) is 3.18. The van der Waals surface area contributed by atoms with Crippen molar-refractivity contribution in [2.45, 2.75) is 49.3 Å². The summed E-state index contributed by atoms with van der Waals surface area (Å²) in [7, 11) is 0. The van der Waals surface area contributed by atoms with Crippen LogP contribution in [0.4, 0.5) is 4.79 Å². The standard InChI is InChI=1S/C15H24N4OS/c1-21-13-6-2-5-12(13)18-15(20)19-9-3-4-11(10-19)14-16-7-8-17-14/h7-8,11-13H,2-6,9-10H2,1H3,(H,16,17)(H,18,20)/t11-,12-,13+/m0/s1. The van der Waals surface area contributed by atoms with Gasteiger partial charge in [-0.1, -0.05) is 6.42 Å². The van der Waals surface area contributed by atoms with E-state index in [-0.39, 0.29) is 6.03 Å². The van der Waals surface area contributed by atoms with Gasteiger partial charge in [0, 0.05) is 42.7 Å². The molecule has 2 amide bonds. The number of carbonyl (C=O) groups is 1. The Bertz CT molecular complexity index is 464. The maximum Gasteiger partial charge on any atom is 0.317 e. The Morgan fingerprint density at radius 2 is 2.33 bits per heavy atom. The molecule has 5 nitrogen and oxygen atoms in total. The van der Waals surface area contributed by atoms with E-state index in [0.29, 0.717) is 17.2 Å². The van der Waals surface area contributed by atoms with Gasteiger partial charge in [0.1, 0.15) is 5.82 Å². The van der Waals surface area contributed by atoms with Crippen molar-refractivity contribution in [3.63, 3.8) is 0 Å². The molecule has 1 saturated heterocycles. The molecule has 0 unspecified atom stereocenters. The second-order valence-corrected chi connectivity index (χ2v) is 7.10.